The van der Waals surface area contributed by atoms with Crippen LogP contribution in [-0.2, 0) is 16.4 Å². The van der Waals surface area contributed by atoms with Crippen molar-refractivity contribution in [3.05, 3.63) is 138 Å². The Kier molecular flexibility index (Phi) is 6.74. The Labute approximate surface area is 213 Å². The predicted octanol–water partition coefficient (Wildman–Crippen LogP) is 4.95. The molecule has 5 rings (SSSR count). The van der Waals surface area contributed by atoms with Crippen LogP contribution in [0.15, 0.2) is 126 Å². The summed E-state index contributed by atoms with van der Waals surface area (Å²) in [7, 11) is -3.78. The van der Waals surface area contributed by atoms with Crippen LogP contribution in [0.4, 0.5) is 0 Å². The third-order valence-electron chi connectivity index (χ3n) is 5.86. The maximum atomic E-state index is 14.0. The van der Waals surface area contributed by atoms with Gasteiger partial charge in [0.1, 0.15) is 0 Å². The van der Waals surface area contributed by atoms with Gasteiger partial charge < -0.3 is 0 Å². The number of nitrogens with zero attached hydrogens (tertiary/aromatic N) is 1. The fraction of sp³-hybridized carbons (Fsp3) is 0.0667. The molecule has 1 heterocycles. The van der Waals surface area contributed by atoms with Crippen LogP contribution in [0.1, 0.15) is 16.8 Å². The fourth-order valence-corrected chi connectivity index (χ4v) is 7.84. The zero-order valence-electron chi connectivity index (χ0n) is 19.3. The molecule has 35 heavy (non-hydrogen) atoms. The summed E-state index contributed by atoms with van der Waals surface area (Å²) in [6, 6.07) is 37.6. The molecule has 0 amide bonds. The second-order valence-electron chi connectivity index (χ2n) is 8.37. The molecule has 0 fully saturated rings. The fourth-order valence-electron chi connectivity index (χ4n) is 4.10. The molecule has 3 nitrogen and oxygen atoms in total. The van der Waals surface area contributed by atoms with Crippen molar-refractivity contribution in [1.82, 2.24) is 3.97 Å². The second-order valence-corrected chi connectivity index (χ2v) is 12.5. The van der Waals surface area contributed by atoms with Crippen LogP contribution in [0.25, 0.3) is 11.1 Å². The number of aryl methyl sites for hydroxylation is 1. The number of hydrogen-bond donors (Lipinski definition) is 0. The summed E-state index contributed by atoms with van der Waals surface area (Å²) >= 11 is -0.0636. The number of rotatable bonds is 7. The minimum atomic E-state index is -3.78. The van der Waals surface area contributed by atoms with E-state index in [9.17, 15) is 8.42 Å². The van der Waals surface area contributed by atoms with Crippen LogP contribution in [0.3, 0.4) is 0 Å². The van der Waals surface area contributed by atoms with Gasteiger partial charge in [0.15, 0.2) is 0 Å². The summed E-state index contributed by atoms with van der Waals surface area (Å²) in [6.45, 7) is 1.96. The van der Waals surface area contributed by atoms with Gasteiger partial charge in [0.05, 0.1) is 0 Å². The summed E-state index contributed by atoms with van der Waals surface area (Å²) in [5.41, 5.74) is 4.93. The summed E-state index contributed by atoms with van der Waals surface area (Å²) in [6.07, 6.45) is 2.36. The maximum absolute atomic E-state index is 14.0. The molecular weight excluding hydrogens is 517 g/mol. The standard InChI is InChI=1S/C30H25NO2SSe/c1-23-17-19-26(20-18-23)34(32,33)31-22-29(35-27-15-9-4-10-16-27)30(25-13-7-3-8-14-25)28(31)21-24-11-5-2-6-12-24/h2-20,22H,21H2,1H3. The molecule has 5 heteroatoms. The van der Waals surface area contributed by atoms with E-state index < -0.39 is 10.0 Å². The zero-order valence-corrected chi connectivity index (χ0v) is 21.9. The molecule has 0 aliphatic carbocycles. The Hall–Kier alpha value is -3.37. The van der Waals surface area contributed by atoms with Gasteiger partial charge in [0, 0.05) is 0 Å². The molecule has 0 saturated heterocycles. The predicted molar refractivity (Wildman–Crippen MR) is 144 cm³/mol. The summed E-state index contributed by atoms with van der Waals surface area (Å²) in [4.78, 5) is 0.297. The van der Waals surface area contributed by atoms with Gasteiger partial charge in [-0.15, -0.1) is 0 Å². The van der Waals surface area contributed by atoms with E-state index in [1.165, 1.54) is 8.43 Å². The second kappa shape index (κ2) is 10.1. The molecule has 1 aromatic heterocycles. The van der Waals surface area contributed by atoms with Gasteiger partial charge in [-0.2, -0.15) is 0 Å². The van der Waals surface area contributed by atoms with Gasteiger partial charge in [-0.3, -0.25) is 0 Å². The van der Waals surface area contributed by atoms with Crippen LogP contribution in [-0.4, -0.2) is 27.3 Å². The normalized spacial score (nSPS) is 11.5. The first-order valence-corrected chi connectivity index (χ1v) is 14.6. The van der Waals surface area contributed by atoms with Crippen LogP contribution < -0.4 is 8.92 Å². The van der Waals surface area contributed by atoms with E-state index in [-0.39, 0.29) is 15.0 Å². The van der Waals surface area contributed by atoms with E-state index in [2.05, 4.69) is 24.3 Å². The quantitative estimate of drug-likeness (QED) is 0.273. The van der Waals surface area contributed by atoms with E-state index in [0.29, 0.717) is 11.3 Å². The molecule has 0 bridgehead atoms. The van der Waals surface area contributed by atoms with Gasteiger partial charge in [0.2, 0.25) is 0 Å². The Bertz CT molecular complexity index is 1530. The third-order valence-corrected chi connectivity index (χ3v) is 9.75. The summed E-state index contributed by atoms with van der Waals surface area (Å²) < 4.78 is 31.7. The van der Waals surface area contributed by atoms with Crippen LogP contribution in [0.2, 0.25) is 0 Å². The summed E-state index contributed by atoms with van der Waals surface area (Å²) in [5, 5.41) is 0. The first-order chi connectivity index (χ1) is 17.0. The minimum absolute atomic E-state index is 0.0636. The van der Waals surface area contributed by atoms with Crippen molar-refractivity contribution in [2.45, 2.75) is 18.2 Å². The van der Waals surface area contributed by atoms with Crippen LogP contribution in [0.5, 0.6) is 0 Å². The molecule has 0 N–H and O–H groups in total. The average molecular weight is 543 g/mol. The van der Waals surface area contributed by atoms with E-state index in [1.54, 1.807) is 12.1 Å². The monoisotopic (exact) mass is 543 g/mol. The van der Waals surface area contributed by atoms with Gasteiger partial charge in [-0.25, -0.2) is 0 Å². The van der Waals surface area contributed by atoms with E-state index in [0.717, 1.165) is 32.4 Å². The van der Waals surface area contributed by atoms with Crippen LogP contribution >= 0.6 is 0 Å². The van der Waals surface area contributed by atoms with Gasteiger partial charge >= 0.3 is 214 Å². The van der Waals surface area contributed by atoms with Gasteiger partial charge in [-0.05, 0) is 0 Å². The molecular formula is C30H25NO2SSe. The first-order valence-electron chi connectivity index (χ1n) is 11.4. The number of benzene rings is 4. The van der Waals surface area contributed by atoms with E-state index in [4.69, 9.17) is 0 Å². The van der Waals surface area contributed by atoms with E-state index >= 15 is 0 Å². The van der Waals surface area contributed by atoms with Crippen LogP contribution in [0, 0.1) is 6.92 Å². The molecule has 0 aliphatic rings. The number of aromatic nitrogens is 1. The average Bonchev–Trinajstić information content (AvgIpc) is 3.24. The van der Waals surface area contributed by atoms with E-state index in [1.807, 2.05) is 92.0 Å². The number of hydrogen-bond acceptors (Lipinski definition) is 2. The molecule has 0 unspecified atom stereocenters. The van der Waals surface area contributed by atoms with Crippen molar-refractivity contribution >= 4 is 33.9 Å². The third kappa shape index (κ3) is 5.03. The van der Waals surface area contributed by atoms with Crippen molar-refractivity contribution in [1.29, 1.82) is 0 Å². The molecule has 5 aromatic rings. The van der Waals surface area contributed by atoms with Crippen molar-refractivity contribution in [2.75, 3.05) is 0 Å². The Morgan fingerprint density at radius 3 is 1.91 bits per heavy atom. The topological polar surface area (TPSA) is 39.1 Å². The molecule has 0 aliphatic heterocycles. The summed E-state index contributed by atoms with van der Waals surface area (Å²) in [5.74, 6) is 0. The molecule has 0 saturated carbocycles. The molecule has 0 radical (unpaired) electrons. The van der Waals surface area contributed by atoms with Crippen molar-refractivity contribution < 1.29 is 8.42 Å². The Morgan fingerprint density at radius 1 is 0.714 bits per heavy atom. The van der Waals surface area contributed by atoms with Crippen molar-refractivity contribution in [3.63, 3.8) is 0 Å². The molecule has 4 aromatic carbocycles. The van der Waals surface area contributed by atoms with Gasteiger partial charge in [-0.1, -0.05) is 0 Å². The molecule has 0 atom stereocenters. The zero-order chi connectivity index (χ0) is 24.3. The molecule has 174 valence electrons. The van der Waals surface area contributed by atoms with Crippen molar-refractivity contribution in [2.24, 2.45) is 0 Å². The SMILES string of the molecule is Cc1ccc(S(=O)(=O)n2cc([Se]c3ccccc3)c(-c3ccccc3)c2Cc2ccccc2)cc1. The van der Waals surface area contributed by atoms with Gasteiger partial charge in [0.25, 0.3) is 0 Å². The first kappa shape index (κ1) is 23.4. The molecule has 0 spiro atoms. The Morgan fingerprint density at radius 2 is 1.29 bits per heavy atom. The Balaban J connectivity index is 1.75. The van der Waals surface area contributed by atoms with Crippen molar-refractivity contribution in [3.8, 4) is 11.1 Å².